The fourth-order valence-corrected chi connectivity index (χ4v) is 6.14. The number of carbonyl (C=O) groups is 1. The molecule has 1 aliphatic carbocycles. The molecule has 0 radical (unpaired) electrons. The molecule has 4 atom stereocenters. The summed E-state index contributed by atoms with van der Waals surface area (Å²) in [7, 11) is 0. The molecule has 4 bridgehead atoms. The van der Waals surface area contributed by atoms with E-state index >= 15 is 8.78 Å². The summed E-state index contributed by atoms with van der Waals surface area (Å²) in [6.45, 7) is 1.13. The minimum atomic E-state index is -0.703. The van der Waals surface area contributed by atoms with E-state index in [1.165, 1.54) is 12.1 Å². The lowest BCUT2D eigenvalue weighted by Crippen LogP contribution is -2.33. The average Bonchev–Trinajstić information content (AvgIpc) is 2.90. The highest BCUT2D eigenvalue weighted by molar-refractivity contribution is 6.03. The van der Waals surface area contributed by atoms with E-state index in [0.29, 0.717) is 36.6 Å². The van der Waals surface area contributed by atoms with Gasteiger partial charge in [-0.05, 0) is 85.8 Å². The van der Waals surface area contributed by atoms with E-state index in [1.807, 2.05) is 6.07 Å². The summed E-state index contributed by atoms with van der Waals surface area (Å²) in [5, 5.41) is 2.89. The number of halogens is 2. The van der Waals surface area contributed by atoms with Crippen LogP contribution in [-0.4, -0.2) is 41.2 Å². The zero-order valence-corrected chi connectivity index (χ0v) is 21.0. The van der Waals surface area contributed by atoms with Gasteiger partial charge in [0.25, 0.3) is 5.91 Å². The van der Waals surface area contributed by atoms with Crippen LogP contribution in [0.3, 0.4) is 0 Å². The van der Waals surface area contributed by atoms with Gasteiger partial charge in [-0.1, -0.05) is 0 Å². The van der Waals surface area contributed by atoms with Crippen molar-refractivity contribution >= 4 is 11.6 Å². The average molecular weight is 521 g/mol. The SMILES string of the molecule is NC1CC2Cc3cc(OC4CCCOC4)cc(F)c3-c3nc(ccc3F)C(=O)Nc3cnccc3C(C1)C2. The molecule has 2 aliphatic heterocycles. The highest BCUT2D eigenvalue weighted by atomic mass is 19.1. The van der Waals surface area contributed by atoms with Crippen molar-refractivity contribution in [3.63, 3.8) is 0 Å². The Morgan fingerprint density at radius 1 is 1.11 bits per heavy atom. The topological polar surface area (TPSA) is 99.4 Å². The second-order valence-corrected chi connectivity index (χ2v) is 10.6. The summed E-state index contributed by atoms with van der Waals surface area (Å²) in [4.78, 5) is 21.7. The molecule has 2 fully saturated rings. The van der Waals surface area contributed by atoms with E-state index < -0.39 is 17.5 Å². The van der Waals surface area contributed by atoms with Crippen LogP contribution < -0.4 is 15.8 Å². The van der Waals surface area contributed by atoms with Crippen molar-refractivity contribution in [2.24, 2.45) is 11.7 Å². The molecule has 0 spiro atoms. The molecule has 1 aromatic carbocycles. The van der Waals surface area contributed by atoms with Gasteiger partial charge in [0.2, 0.25) is 0 Å². The van der Waals surface area contributed by atoms with Crippen molar-refractivity contribution < 1.29 is 23.0 Å². The van der Waals surface area contributed by atoms with Crippen LogP contribution in [-0.2, 0) is 11.2 Å². The second kappa shape index (κ2) is 10.4. The lowest BCUT2D eigenvalue weighted by Gasteiger charge is -2.34. The quantitative estimate of drug-likeness (QED) is 0.494. The molecule has 1 amide bonds. The molecule has 1 saturated carbocycles. The number of ether oxygens (including phenoxy) is 2. The lowest BCUT2D eigenvalue weighted by atomic mass is 9.73. The number of aromatic nitrogens is 2. The number of pyridine rings is 2. The van der Waals surface area contributed by atoms with Crippen LogP contribution in [0.25, 0.3) is 11.3 Å². The lowest BCUT2D eigenvalue weighted by molar-refractivity contribution is 0.00728. The number of amides is 1. The van der Waals surface area contributed by atoms with Gasteiger partial charge in [-0.25, -0.2) is 13.8 Å². The molecule has 6 rings (SSSR count). The van der Waals surface area contributed by atoms with E-state index in [2.05, 4.69) is 15.3 Å². The van der Waals surface area contributed by atoms with Crippen LogP contribution in [0, 0.1) is 17.6 Å². The van der Waals surface area contributed by atoms with Gasteiger partial charge in [0.1, 0.15) is 34.9 Å². The van der Waals surface area contributed by atoms with Crippen LogP contribution in [0.5, 0.6) is 5.75 Å². The molecule has 3 aliphatic rings. The summed E-state index contributed by atoms with van der Waals surface area (Å²) in [6.07, 6.45) is 7.61. The number of nitrogens with two attached hydrogens (primary N) is 1. The summed E-state index contributed by atoms with van der Waals surface area (Å²) in [5.74, 6) is -1.29. The number of nitrogens with zero attached hydrogens (tertiary/aromatic N) is 2. The third-order valence-corrected chi connectivity index (χ3v) is 7.77. The molecule has 2 aromatic heterocycles. The van der Waals surface area contributed by atoms with E-state index in [0.717, 1.165) is 43.7 Å². The molecule has 9 heteroatoms. The number of benzene rings is 1. The van der Waals surface area contributed by atoms with Gasteiger partial charge in [-0.2, -0.15) is 0 Å². The molecule has 3 N–H and O–H groups in total. The predicted molar refractivity (Wildman–Crippen MR) is 138 cm³/mol. The molecule has 7 nitrogen and oxygen atoms in total. The Morgan fingerprint density at radius 2 is 2.00 bits per heavy atom. The molecule has 4 unspecified atom stereocenters. The van der Waals surface area contributed by atoms with Crippen molar-refractivity contribution in [3.8, 4) is 17.0 Å². The molecular formula is C29H30F2N4O3. The van der Waals surface area contributed by atoms with Crippen LogP contribution >= 0.6 is 0 Å². The normalized spacial score (nSPS) is 25.1. The van der Waals surface area contributed by atoms with Gasteiger partial charge >= 0.3 is 0 Å². The summed E-state index contributed by atoms with van der Waals surface area (Å²) < 4.78 is 42.6. The zero-order valence-electron chi connectivity index (χ0n) is 21.0. The third kappa shape index (κ3) is 5.00. The van der Waals surface area contributed by atoms with Crippen LogP contribution in [0.2, 0.25) is 0 Å². The summed E-state index contributed by atoms with van der Waals surface area (Å²) >= 11 is 0. The first-order valence-electron chi connectivity index (χ1n) is 13.2. The zero-order chi connectivity index (χ0) is 26.2. The minimum Gasteiger partial charge on any atom is -0.488 e. The Morgan fingerprint density at radius 3 is 2.84 bits per heavy atom. The number of fused-ring (bicyclic) bond motifs is 8. The number of nitrogens with one attached hydrogen (secondary N) is 1. The molecule has 1 saturated heterocycles. The highest BCUT2D eigenvalue weighted by Gasteiger charge is 2.32. The number of carbonyl (C=O) groups excluding carboxylic acids is 1. The maximum absolute atomic E-state index is 15.8. The molecule has 4 heterocycles. The Balaban J connectivity index is 1.48. The summed E-state index contributed by atoms with van der Waals surface area (Å²) in [6, 6.07) is 7.36. The van der Waals surface area contributed by atoms with Gasteiger partial charge in [-0.3, -0.25) is 9.78 Å². The first kappa shape index (κ1) is 24.9. The fourth-order valence-electron chi connectivity index (χ4n) is 6.14. The van der Waals surface area contributed by atoms with Gasteiger partial charge in [0.05, 0.1) is 18.5 Å². The monoisotopic (exact) mass is 520 g/mol. The van der Waals surface area contributed by atoms with Crippen molar-refractivity contribution in [1.29, 1.82) is 0 Å². The van der Waals surface area contributed by atoms with E-state index in [-0.39, 0.29) is 40.9 Å². The van der Waals surface area contributed by atoms with Crippen molar-refractivity contribution in [2.75, 3.05) is 18.5 Å². The fraction of sp³-hybridized carbons (Fsp3) is 0.414. The molecular weight excluding hydrogens is 490 g/mol. The number of hydrogen-bond acceptors (Lipinski definition) is 6. The smallest absolute Gasteiger partial charge is 0.274 e. The first-order chi connectivity index (χ1) is 18.4. The Bertz CT molecular complexity index is 1360. The Hall–Kier alpha value is -3.43. The van der Waals surface area contributed by atoms with Crippen LogP contribution in [0.1, 0.15) is 59.6 Å². The number of hydrogen-bond donors (Lipinski definition) is 2. The molecule has 38 heavy (non-hydrogen) atoms. The number of rotatable bonds is 2. The van der Waals surface area contributed by atoms with Gasteiger partial charge in [-0.15, -0.1) is 0 Å². The summed E-state index contributed by atoms with van der Waals surface area (Å²) in [5.41, 5.74) is 8.49. The second-order valence-electron chi connectivity index (χ2n) is 10.6. The van der Waals surface area contributed by atoms with Crippen LogP contribution in [0.4, 0.5) is 14.5 Å². The predicted octanol–water partition coefficient (Wildman–Crippen LogP) is 5.00. The van der Waals surface area contributed by atoms with E-state index in [1.54, 1.807) is 18.5 Å². The minimum absolute atomic E-state index is 0.0137. The first-order valence-corrected chi connectivity index (χ1v) is 13.2. The maximum atomic E-state index is 15.8. The van der Waals surface area contributed by atoms with Gasteiger partial charge < -0.3 is 20.5 Å². The standard InChI is InChI=1S/C29H30F2N4O3/c30-23-3-4-25-29(36)35-26-14-33-6-5-22(26)17-8-16(10-19(32)11-17)9-18-12-21(38-20-2-1-7-37-15-20)13-24(31)27(18)28(23)34-25/h3-6,12-14,16-17,19-20H,1-2,7-11,15,32H2,(H,35,36). The van der Waals surface area contributed by atoms with E-state index in [9.17, 15) is 4.79 Å². The Labute approximate surface area is 219 Å². The van der Waals surface area contributed by atoms with E-state index in [4.69, 9.17) is 15.2 Å². The van der Waals surface area contributed by atoms with Crippen molar-refractivity contribution in [1.82, 2.24) is 9.97 Å². The van der Waals surface area contributed by atoms with Gasteiger partial charge in [0, 0.05) is 30.5 Å². The molecule has 198 valence electrons. The number of anilines is 1. The third-order valence-electron chi connectivity index (χ3n) is 7.77. The maximum Gasteiger partial charge on any atom is 0.274 e. The highest BCUT2D eigenvalue weighted by Crippen LogP contribution is 2.42. The molecule has 3 aromatic rings. The Kier molecular flexibility index (Phi) is 6.80. The van der Waals surface area contributed by atoms with Crippen LogP contribution in [0.15, 0.2) is 42.7 Å². The van der Waals surface area contributed by atoms with Gasteiger partial charge in [0.15, 0.2) is 0 Å². The largest absolute Gasteiger partial charge is 0.488 e. The van der Waals surface area contributed by atoms with Crippen molar-refractivity contribution in [3.05, 3.63) is 71.2 Å². The van der Waals surface area contributed by atoms with Crippen molar-refractivity contribution in [2.45, 2.75) is 56.6 Å².